The van der Waals surface area contributed by atoms with Crippen LogP contribution < -0.4 is 11.1 Å². The average Bonchev–Trinajstić information content (AvgIpc) is 3.35. The highest BCUT2D eigenvalue weighted by Crippen LogP contribution is 2.48. The van der Waals surface area contributed by atoms with Crippen LogP contribution in [0.2, 0.25) is 0 Å². The molecule has 0 radical (unpaired) electrons. The van der Waals surface area contributed by atoms with Gasteiger partial charge in [-0.05, 0) is 74.0 Å². The van der Waals surface area contributed by atoms with Crippen molar-refractivity contribution in [2.75, 3.05) is 13.1 Å². The van der Waals surface area contributed by atoms with E-state index in [4.69, 9.17) is 5.73 Å². The maximum absolute atomic E-state index is 11.7. The molecule has 0 heterocycles. The number of aliphatic hydroxyl groups is 1. The van der Waals surface area contributed by atoms with Crippen molar-refractivity contribution in [2.24, 2.45) is 34.8 Å². The van der Waals surface area contributed by atoms with E-state index in [9.17, 15) is 9.90 Å². The number of nitrogens with two attached hydrogens (primary N) is 1. The van der Waals surface area contributed by atoms with Gasteiger partial charge in [-0.15, -0.1) is 0 Å². The number of rotatable bonds is 12. The lowest BCUT2D eigenvalue weighted by atomic mass is 9.60. The smallest absolute Gasteiger partial charge is 0.233 e. The molecule has 4 heteroatoms. The van der Waals surface area contributed by atoms with E-state index >= 15 is 0 Å². The summed E-state index contributed by atoms with van der Waals surface area (Å²) in [5, 5.41) is 13.7. The summed E-state index contributed by atoms with van der Waals surface area (Å²) >= 11 is 0. The second kappa shape index (κ2) is 9.36. The van der Waals surface area contributed by atoms with Gasteiger partial charge in [-0.25, -0.2) is 0 Å². The van der Waals surface area contributed by atoms with E-state index in [1.165, 1.54) is 32.1 Å². The van der Waals surface area contributed by atoms with E-state index in [1.807, 2.05) is 0 Å². The first kappa shape index (κ1) is 20.7. The van der Waals surface area contributed by atoms with Crippen molar-refractivity contribution in [3.05, 3.63) is 0 Å². The minimum atomic E-state index is -0.119. The van der Waals surface area contributed by atoms with Gasteiger partial charge in [0.25, 0.3) is 0 Å². The van der Waals surface area contributed by atoms with Crippen molar-refractivity contribution in [3.8, 4) is 0 Å². The topological polar surface area (TPSA) is 75.4 Å². The molecule has 0 aromatic heterocycles. The first-order chi connectivity index (χ1) is 11.9. The molecular formula is C21H40N2O2. The summed E-state index contributed by atoms with van der Waals surface area (Å²) in [6.45, 7) is 7.75. The van der Waals surface area contributed by atoms with Crippen LogP contribution in [0, 0.1) is 29.1 Å². The number of hydrogen-bond donors (Lipinski definition) is 3. The third-order valence-corrected chi connectivity index (χ3v) is 7.07. The summed E-state index contributed by atoms with van der Waals surface area (Å²) in [5.41, 5.74) is 5.70. The number of carbonyl (C=O) groups is 1. The van der Waals surface area contributed by atoms with E-state index in [0.717, 1.165) is 38.1 Å². The monoisotopic (exact) mass is 352 g/mol. The summed E-state index contributed by atoms with van der Waals surface area (Å²) in [4.78, 5) is 11.7. The molecule has 3 unspecified atom stereocenters. The molecule has 2 rings (SSSR count). The van der Waals surface area contributed by atoms with Crippen LogP contribution in [0.25, 0.3) is 0 Å². The molecule has 4 nitrogen and oxygen atoms in total. The Kier molecular flexibility index (Phi) is 7.75. The molecule has 1 amide bonds. The van der Waals surface area contributed by atoms with Gasteiger partial charge in [0.05, 0.1) is 12.6 Å². The van der Waals surface area contributed by atoms with Gasteiger partial charge in [0, 0.05) is 6.54 Å². The number of carbonyl (C=O) groups excluding carboxylic acids is 1. The molecule has 0 bridgehead atoms. The summed E-state index contributed by atoms with van der Waals surface area (Å²) < 4.78 is 0. The second-order valence-corrected chi connectivity index (χ2v) is 9.11. The highest BCUT2D eigenvalue weighted by atomic mass is 16.3. The van der Waals surface area contributed by atoms with Crippen LogP contribution >= 0.6 is 0 Å². The Labute approximate surface area is 154 Å². The fraction of sp³-hybridized carbons (Fsp3) is 0.952. The molecule has 0 saturated heterocycles. The number of aliphatic hydroxyl groups excluding tert-OH is 1. The predicted octanol–water partition coefficient (Wildman–Crippen LogP) is 3.47. The molecule has 0 aromatic rings. The highest BCUT2D eigenvalue weighted by molar-refractivity contribution is 5.77. The first-order valence-electron chi connectivity index (χ1n) is 10.5. The lowest BCUT2D eigenvalue weighted by molar-refractivity contribution is -0.120. The molecule has 0 spiro atoms. The summed E-state index contributed by atoms with van der Waals surface area (Å²) in [7, 11) is 0. The predicted molar refractivity (Wildman–Crippen MR) is 103 cm³/mol. The van der Waals surface area contributed by atoms with Crippen molar-refractivity contribution in [1.82, 2.24) is 5.32 Å². The molecule has 2 aliphatic rings. The maximum Gasteiger partial charge on any atom is 0.233 e. The van der Waals surface area contributed by atoms with Crippen molar-refractivity contribution < 1.29 is 9.90 Å². The molecule has 3 atom stereocenters. The Morgan fingerprint density at radius 2 is 1.88 bits per heavy atom. The zero-order valence-corrected chi connectivity index (χ0v) is 16.6. The van der Waals surface area contributed by atoms with Crippen molar-refractivity contribution >= 4 is 5.91 Å². The van der Waals surface area contributed by atoms with E-state index in [0.29, 0.717) is 17.8 Å². The lowest BCUT2D eigenvalue weighted by Gasteiger charge is -2.46. The van der Waals surface area contributed by atoms with Gasteiger partial charge < -0.3 is 16.2 Å². The third-order valence-electron chi connectivity index (χ3n) is 7.07. The molecule has 4 N–H and O–H groups in total. The van der Waals surface area contributed by atoms with Crippen LogP contribution in [0.15, 0.2) is 0 Å². The van der Waals surface area contributed by atoms with Crippen LogP contribution in [0.3, 0.4) is 0 Å². The molecule has 0 aliphatic heterocycles. The average molecular weight is 353 g/mol. The fourth-order valence-corrected chi connectivity index (χ4v) is 4.63. The van der Waals surface area contributed by atoms with Crippen LogP contribution in [-0.2, 0) is 4.79 Å². The van der Waals surface area contributed by atoms with Crippen LogP contribution in [0.4, 0.5) is 0 Å². The Hall–Kier alpha value is -0.610. The summed E-state index contributed by atoms with van der Waals surface area (Å²) in [6.07, 6.45) is 10.7. The minimum Gasteiger partial charge on any atom is -0.393 e. The van der Waals surface area contributed by atoms with Gasteiger partial charge in [0.1, 0.15) is 0 Å². The van der Waals surface area contributed by atoms with Gasteiger partial charge in [-0.2, -0.15) is 0 Å². The van der Waals surface area contributed by atoms with E-state index in [1.54, 1.807) is 0 Å². The van der Waals surface area contributed by atoms with Gasteiger partial charge in [-0.3, -0.25) is 4.79 Å². The molecule has 25 heavy (non-hydrogen) atoms. The van der Waals surface area contributed by atoms with Crippen molar-refractivity contribution in [1.29, 1.82) is 0 Å². The Morgan fingerprint density at radius 3 is 2.36 bits per heavy atom. The minimum absolute atomic E-state index is 0.0578. The molecule has 146 valence electrons. The fourth-order valence-electron chi connectivity index (χ4n) is 4.63. The maximum atomic E-state index is 11.7. The Balaban J connectivity index is 1.96. The second-order valence-electron chi connectivity index (χ2n) is 9.11. The third kappa shape index (κ3) is 5.68. The van der Waals surface area contributed by atoms with E-state index in [-0.39, 0.29) is 24.0 Å². The lowest BCUT2D eigenvalue weighted by Crippen LogP contribution is -2.44. The summed E-state index contributed by atoms with van der Waals surface area (Å²) in [6, 6.07) is 0. The largest absolute Gasteiger partial charge is 0.393 e. The zero-order chi connectivity index (χ0) is 18.4. The molecule has 0 aromatic carbocycles. The Morgan fingerprint density at radius 1 is 1.20 bits per heavy atom. The van der Waals surface area contributed by atoms with Gasteiger partial charge in [-0.1, -0.05) is 33.6 Å². The normalized spacial score (nSPS) is 22.1. The Bertz CT molecular complexity index is 416. The van der Waals surface area contributed by atoms with Gasteiger partial charge in [0.2, 0.25) is 5.91 Å². The standard InChI is InChI=1S/C21H40N2O2/c1-4-6-15(20(25)16-9-10-16)11-12-18(14-23-19(24)13-22)21(2,3)17-7-5-8-17/h15-18,20,25H,4-14,22H2,1-3H3,(H,23,24). The quantitative estimate of drug-likeness (QED) is 0.503. The van der Waals surface area contributed by atoms with Gasteiger partial charge >= 0.3 is 0 Å². The van der Waals surface area contributed by atoms with Gasteiger partial charge in [0.15, 0.2) is 0 Å². The van der Waals surface area contributed by atoms with Crippen molar-refractivity contribution in [3.63, 3.8) is 0 Å². The molecular weight excluding hydrogens is 312 g/mol. The van der Waals surface area contributed by atoms with Crippen LogP contribution in [0.5, 0.6) is 0 Å². The summed E-state index contributed by atoms with van der Waals surface area (Å²) in [5.74, 6) is 2.14. The van der Waals surface area contributed by atoms with Crippen LogP contribution in [-0.4, -0.2) is 30.2 Å². The van der Waals surface area contributed by atoms with Crippen molar-refractivity contribution in [2.45, 2.75) is 84.7 Å². The number of amides is 1. The van der Waals surface area contributed by atoms with E-state index < -0.39 is 0 Å². The molecule has 2 fully saturated rings. The van der Waals surface area contributed by atoms with Crippen LogP contribution in [0.1, 0.15) is 78.6 Å². The zero-order valence-electron chi connectivity index (χ0n) is 16.6. The first-order valence-corrected chi connectivity index (χ1v) is 10.5. The molecule has 2 saturated carbocycles. The highest BCUT2D eigenvalue weighted by Gasteiger charge is 2.41. The number of nitrogens with one attached hydrogen (secondary N) is 1. The van der Waals surface area contributed by atoms with E-state index in [2.05, 4.69) is 26.1 Å². The number of hydrogen-bond acceptors (Lipinski definition) is 3. The SMILES string of the molecule is CCCC(CCC(CNC(=O)CN)C(C)(C)C1CCC1)C(O)C1CC1. The molecule has 2 aliphatic carbocycles.